The fourth-order valence-corrected chi connectivity index (χ4v) is 5.35. The van der Waals surface area contributed by atoms with Crippen LogP contribution >= 0.6 is 11.6 Å². The van der Waals surface area contributed by atoms with E-state index in [0.29, 0.717) is 29.8 Å². The summed E-state index contributed by atoms with van der Waals surface area (Å²) in [5.41, 5.74) is 2.93. The van der Waals surface area contributed by atoms with Gasteiger partial charge in [0.05, 0.1) is 28.6 Å². The highest BCUT2D eigenvalue weighted by atomic mass is 35.5. The maximum absolute atomic E-state index is 13.2. The summed E-state index contributed by atoms with van der Waals surface area (Å²) in [6.45, 7) is 10.1. The first kappa shape index (κ1) is 25.4. The van der Waals surface area contributed by atoms with Crippen molar-refractivity contribution >= 4 is 35.2 Å². The number of amides is 1. The van der Waals surface area contributed by atoms with E-state index in [4.69, 9.17) is 21.1 Å². The first-order chi connectivity index (χ1) is 17.6. The largest absolute Gasteiger partial charge is 0.474 e. The summed E-state index contributed by atoms with van der Waals surface area (Å²) in [7, 11) is 0. The Bertz CT molecular complexity index is 1380. The lowest BCUT2D eigenvalue weighted by Gasteiger charge is -2.29. The summed E-state index contributed by atoms with van der Waals surface area (Å²) in [6.07, 6.45) is 6.99. The number of carbonyl (C=O) groups excluding carboxylic acids is 1. The standard InChI is InChI=1S/C27H33ClN6O3/c1-15-12-22(31-16(2)30-15)36-19-8-6-17(7-9-19)23-24-20(14-29-33-23)25-21(32-24)13-18(28)10-11-34(25)26(35)37-27(3,4)5/h10,12-13,17,19,32H,6-9,11,14H2,1-5H3. The first-order valence-corrected chi connectivity index (χ1v) is 13.1. The zero-order chi connectivity index (χ0) is 26.3. The van der Waals surface area contributed by atoms with Crippen LogP contribution in [0, 0.1) is 19.8 Å². The molecule has 0 radical (unpaired) electrons. The Kier molecular flexibility index (Phi) is 6.83. The number of aryl methyl sites for hydroxylation is 2. The van der Waals surface area contributed by atoms with Gasteiger partial charge in [0, 0.05) is 34.8 Å². The second kappa shape index (κ2) is 9.93. The molecule has 0 saturated heterocycles. The van der Waals surface area contributed by atoms with Crippen LogP contribution in [0.15, 0.2) is 27.4 Å². The zero-order valence-electron chi connectivity index (χ0n) is 22.0. The first-order valence-electron chi connectivity index (χ1n) is 12.8. The topological polar surface area (TPSA) is 105 Å². The van der Waals surface area contributed by atoms with Gasteiger partial charge >= 0.3 is 6.09 Å². The van der Waals surface area contributed by atoms with Crippen molar-refractivity contribution in [1.82, 2.24) is 15.0 Å². The Labute approximate surface area is 221 Å². The van der Waals surface area contributed by atoms with Gasteiger partial charge in [0.1, 0.15) is 17.5 Å². The molecule has 0 spiro atoms. The minimum atomic E-state index is -0.613. The summed E-state index contributed by atoms with van der Waals surface area (Å²) in [4.78, 5) is 27.0. The summed E-state index contributed by atoms with van der Waals surface area (Å²) >= 11 is 6.43. The van der Waals surface area contributed by atoms with Gasteiger partial charge < -0.3 is 14.5 Å². The highest BCUT2D eigenvalue weighted by molar-refractivity contribution is 6.34. The van der Waals surface area contributed by atoms with Crippen LogP contribution in [0.25, 0.3) is 11.8 Å². The maximum Gasteiger partial charge on any atom is 0.415 e. The van der Waals surface area contributed by atoms with Crippen molar-refractivity contribution in [2.75, 3.05) is 11.4 Å². The molecule has 2 aromatic heterocycles. The SMILES string of the molecule is Cc1cc(OC2CCC(C3=c4[nH]c5c(c4CN=N3)N(C(=O)OC(C)(C)C)CC=C(Cl)C=5)CC2)nc(C)n1. The third-order valence-electron chi connectivity index (χ3n) is 6.69. The molecule has 2 aliphatic heterocycles. The molecule has 0 unspecified atom stereocenters. The number of halogens is 1. The summed E-state index contributed by atoms with van der Waals surface area (Å²) in [5, 5.41) is 11.3. The number of allylic oxidation sites excluding steroid dienone is 1. The lowest BCUT2D eigenvalue weighted by atomic mass is 9.84. The smallest absolute Gasteiger partial charge is 0.415 e. The van der Waals surface area contributed by atoms with E-state index in [-0.39, 0.29) is 12.0 Å². The Morgan fingerprint density at radius 2 is 1.92 bits per heavy atom. The predicted octanol–water partition coefficient (Wildman–Crippen LogP) is 4.79. The molecule has 3 aliphatic rings. The van der Waals surface area contributed by atoms with Crippen LogP contribution < -0.4 is 20.3 Å². The van der Waals surface area contributed by atoms with E-state index < -0.39 is 11.7 Å². The molecule has 1 N–H and O–H groups in total. The van der Waals surface area contributed by atoms with E-state index in [9.17, 15) is 4.79 Å². The Balaban J connectivity index is 1.42. The van der Waals surface area contributed by atoms with Gasteiger partial charge in [-0.1, -0.05) is 11.6 Å². The lowest BCUT2D eigenvalue weighted by Crippen LogP contribution is -2.39. The number of nitrogens with one attached hydrogen (secondary N) is 1. The van der Waals surface area contributed by atoms with Crippen LogP contribution in [-0.4, -0.2) is 39.3 Å². The molecule has 0 aromatic carbocycles. The van der Waals surface area contributed by atoms with Crippen LogP contribution in [-0.2, 0) is 11.3 Å². The minimum absolute atomic E-state index is 0.103. The van der Waals surface area contributed by atoms with E-state index >= 15 is 0 Å². The third-order valence-corrected chi connectivity index (χ3v) is 6.95. The quantitative estimate of drug-likeness (QED) is 0.621. The van der Waals surface area contributed by atoms with Crippen LogP contribution in [0.5, 0.6) is 5.88 Å². The number of aromatic amines is 1. The number of anilines is 1. The molecule has 2 aromatic rings. The van der Waals surface area contributed by atoms with Crippen molar-refractivity contribution in [3.05, 3.63) is 45.0 Å². The Morgan fingerprint density at radius 3 is 2.62 bits per heavy atom. The second-order valence-electron chi connectivity index (χ2n) is 10.8. The van der Waals surface area contributed by atoms with Gasteiger partial charge in [0.15, 0.2) is 0 Å². The average Bonchev–Trinajstić information content (AvgIpc) is 3.06. The number of aromatic nitrogens is 3. The monoisotopic (exact) mass is 524 g/mol. The molecule has 1 amide bonds. The maximum atomic E-state index is 13.2. The van der Waals surface area contributed by atoms with Crippen molar-refractivity contribution < 1.29 is 14.3 Å². The van der Waals surface area contributed by atoms with E-state index in [1.54, 1.807) is 4.90 Å². The molecule has 1 saturated carbocycles. The van der Waals surface area contributed by atoms with Crippen molar-refractivity contribution in [2.45, 2.75) is 78.6 Å². The molecule has 37 heavy (non-hydrogen) atoms. The highest BCUT2D eigenvalue weighted by Crippen LogP contribution is 2.35. The van der Waals surface area contributed by atoms with Crippen molar-refractivity contribution in [3.63, 3.8) is 0 Å². The van der Waals surface area contributed by atoms with Gasteiger partial charge in [-0.25, -0.2) is 9.78 Å². The lowest BCUT2D eigenvalue weighted by molar-refractivity contribution is 0.0584. The van der Waals surface area contributed by atoms with E-state index in [1.807, 2.05) is 52.8 Å². The number of carbonyl (C=O) groups is 1. The molecule has 5 rings (SSSR count). The van der Waals surface area contributed by atoms with Crippen molar-refractivity contribution in [3.8, 4) is 5.88 Å². The number of hydrogen-bond acceptors (Lipinski definition) is 7. The van der Waals surface area contributed by atoms with Crippen molar-refractivity contribution in [2.24, 2.45) is 16.1 Å². The molecular weight excluding hydrogens is 492 g/mol. The predicted molar refractivity (Wildman–Crippen MR) is 142 cm³/mol. The summed E-state index contributed by atoms with van der Waals surface area (Å²) in [5.74, 6) is 1.59. The van der Waals surface area contributed by atoms with E-state index in [0.717, 1.165) is 59.0 Å². The molecule has 1 aliphatic carbocycles. The molecule has 0 atom stereocenters. The number of ether oxygens (including phenoxy) is 2. The number of rotatable bonds is 3. The average molecular weight is 525 g/mol. The number of fused-ring (bicyclic) bond motifs is 3. The molecule has 10 heteroatoms. The van der Waals surface area contributed by atoms with Gasteiger partial charge in [-0.15, -0.1) is 0 Å². The Hall–Kier alpha value is -3.20. The second-order valence-corrected chi connectivity index (χ2v) is 11.3. The fraction of sp³-hybridized carbons (Fsp3) is 0.519. The number of hydrogen-bond donors (Lipinski definition) is 1. The molecular formula is C27H33ClN6O3. The summed E-state index contributed by atoms with van der Waals surface area (Å²) in [6, 6.07) is 1.88. The Morgan fingerprint density at radius 1 is 1.16 bits per heavy atom. The number of H-pyrrole nitrogens is 1. The third kappa shape index (κ3) is 5.56. The van der Waals surface area contributed by atoms with Gasteiger partial charge in [-0.2, -0.15) is 15.2 Å². The number of nitrogens with zero attached hydrogens (tertiary/aromatic N) is 5. The molecule has 1 fully saturated rings. The van der Waals surface area contributed by atoms with Gasteiger partial charge in [0.25, 0.3) is 0 Å². The fourth-order valence-electron chi connectivity index (χ4n) is 5.17. The molecule has 0 bridgehead atoms. The van der Waals surface area contributed by atoms with Gasteiger partial charge in [-0.3, -0.25) is 4.90 Å². The molecule has 4 heterocycles. The summed E-state index contributed by atoms with van der Waals surface area (Å²) < 4.78 is 11.9. The van der Waals surface area contributed by atoms with Crippen LogP contribution in [0.4, 0.5) is 10.5 Å². The van der Waals surface area contributed by atoms with Crippen LogP contribution in [0.3, 0.4) is 0 Å². The zero-order valence-corrected chi connectivity index (χ0v) is 22.7. The van der Waals surface area contributed by atoms with E-state index in [2.05, 4.69) is 25.2 Å². The van der Waals surface area contributed by atoms with Crippen LogP contribution in [0.2, 0.25) is 0 Å². The van der Waals surface area contributed by atoms with Gasteiger partial charge in [0.2, 0.25) is 5.88 Å². The van der Waals surface area contributed by atoms with Crippen LogP contribution in [0.1, 0.15) is 63.5 Å². The normalized spacial score (nSPS) is 21.4. The van der Waals surface area contributed by atoms with E-state index in [1.165, 1.54) is 0 Å². The molecule has 196 valence electrons. The highest BCUT2D eigenvalue weighted by Gasteiger charge is 2.32. The minimum Gasteiger partial charge on any atom is -0.474 e. The number of azo groups is 1. The van der Waals surface area contributed by atoms with Crippen molar-refractivity contribution in [1.29, 1.82) is 0 Å². The van der Waals surface area contributed by atoms with Gasteiger partial charge in [-0.05, 0) is 72.5 Å². The molecule has 9 nitrogen and oxygen atoms in total.